The van der Waals surface area contributed by atoms with Crippen molar-refractivity contribution in [3.05, 3.63) is 27.4 Å². The molecule has 6 nitrogen and oxygen atoms in total. The highest BCUT2D eigenvalue weighted by Gasteiger charge is 2.26. The second-order valence-corrected chi connectivity index (χ2v) is 7.36. The molecule has 2 heterocycles. The number of aromatic amines is 1. The van der Waals surface area contributed by atoms with E-state index in [9.17, 15) is 9.59 Å². The standard InChI is InChI=1S/C18H30N4O2/c1-11(2)15(22-8-6-12(3)7-9-22)10-19-17(23)16-18(24)21-14(5)13(4)20-16/h11-12,15H,6-10H2,1-5H3,(H,19,23)(H,21,24). The molecule has 0 bridgehead atoms. The van der Waals surface area contributed by atoms with E-state index >= 15 is 0 Å². The van der Waals surface area contributed by atoms with Crippen LogP contribution in [-0.2, 0) is 0 Å². The Morgan fingerprint density at radius 1 is 1.33 bits per heavy atom. The number of nitrogens with zero attached hydrogens (tertiary/aromatic N) is 2. The van der Waals surface area contributed by atoms with E-state index in [0.29, 0.717) is 23.9 Å². The van der Waals surface area contributed by atoms with Gasteiger partial charge in [0.25, 0.3) is 11.5 Å². The zero-order chi connectivity index (χ0) is 17.9. The number of likely N-dealkylation sites (tertiary alicyclic amines) is 1. The number of nitrogens with one attached hydrogen (secondary N) is 2. The fourth-order valence-electron chi connectivity index (χ4n) is 3.20. The Labute approximate surface area is 144 Å². The van der Waals surface area contributed by atoms with Gasteiger partial charge < -0.3 is 10.3 Å². The van der Waals surface area contributed by atoms with Gasteiger partial charge in [-0.25, -0.2) is 4.98 Å². The van der Waals surface area contributed by atoms with Crippen molar-refractivity contribution in [3.8, 4) is 0 Å². The summed E-state index contributed by atoms with van der Waals surface area (Å²) in [5, 5.41) is 2.91. The maximum absolute atomic E-state index is 12.4. The average molecular weight is 334 g/mol. The molecule has 6 heteroatoms. The fraction of sp³-hybridized carbons (Fsp3) is 0.722. The third-order valence-corrected chi connectivity index (χ3v) is 5.08. The van der Waals surface area contributed by atoms with Gasteiger partial charge in [0, 0.05) is 18.3 Å². The lowest BCUT2D eigenvalue weighted by Crippen LogP contribution is -2.50. The smallest absolute Gasteiger partial charge is 0.279 e. The van der Waals surface area contributed by atoms with Gasteiger partial charge in [-0.15, -0.1) is 0 Å². The van der Waals surface area contributed by atoms with Gasteiger partial charge in [-0.2, -0.15) is 0 Å². The first-order chi connectivity index (χ1) is 11.3. The van der Waals surface area contributed by atoms with Crippen molar-refractivity contribution in [3.63, 3.8) is 0 Å². The number of piperidine rings is 1. The summed E-state index contributed by atoms with van der Waals surface area (Å²) < 4.78 is 0. The first-order valence-electron chi connectivity index (χ1n) is 8.89. The van der Waals surface area contributed by atoms with Crippen LogP contribution in [0.4, 0.5) is 0 Å². The summed E-state index contributed by atoms with van der Waals surface area (Å²) in [7, 11) is 0. The van der Waals surface area contributed by atoms with E-state index in [1.807, 2.05) is 0 Å². The number of aryl methyl sites for hydroxylation is 2. The van der Waals surface area contributed by atoms with Crippen LogP contribution in [0.15, 0.2) is 4.79 Å². The average Bonchev–Trinajstić information content (AvgIpc) is 2.52. The molecule has 0 spiro atoms. The van der Waals surface area contributed by atoms with Crippen LogP contribution in [0, 0.1) is 25.7 Å². The van der Waals surface area contributed by atoms with E-state index in [1.165, 1.54) is 12.8 Å². The lowest BCUT2D eigenvalue weighted by atomic mass is 9.94. The quantitative estimate of drug-likeness (QED) is 0.862. The molecule has 1 aliphatic rings. The van der Waals surface area contributed by atoms with Crippen molar-refractivity contribution in [2.24, 2.45) is 11.8 Å². The van der Waals surface area contributed by atoms with Crippen molar-refractivity contribution in [1.29, 1.82) is 0 Å². The first-order valence-corrected chi connectivity index (χ1v) is 8.89. The van der Waals surface area contributed by atoms with Gasteiger partial charge in [0.15, 0.2) is 5.69 Å². The summed E-state index contributed by atoms with van der Waals surface area (Å²) >= 11 is 0. The Morgan fingerprint density at radius 3 is 2.54 bits per heavy atom. The predicted octanol–water partition coefficient (Wildman–Crippen LogP) is 1.87. The third kappa shape index (κ3) is 4.44. The molecule has 0 aliphatic carbocycles. The van der Waals surface area contributed by atoms with E-state index in [-0.39, 0.29) is 11.7 Å². The van der Waals surface area contributed by atoms with E-state index in [4.69, 9.17) is 0 Å². The summed E-state index contributed by atoms with van der Waals surface area (Å²) in [5.74, 6) is 0.821. The van der Waals surface area contributed by atoms with Gasteiger partial charge >= 0.3 is 0 Å². The maximum Gasteiger partial charge on any atom is 0.279 e. The molecule has 0 saturated carbocycles. The SMILES string of the molecule is Cc1nc(C(=O)NCC(C(C)C)N2CCC(C)CC2)c(=O)[nH]c1C. The zero-order valence-corrected chi connectivity index (χ0v) is 15.5. The minimum atomic E-state index is -0.427. The minimum Gasteiger partial charge on any atom is -0.349 e. The molecule has 0 radical (unpaired) electrons. The number of aromatic nitrogens is 2. The molecule has 1 aliphatic heterocycles. The lowest BCUT2D eigenvalue weighted by Gasteiger charge is -2.38. The number of hydrogen-bond donors (Lipinski definition) is 2. The van der Waals surface area contributed by atoms with Crippen LogP contribution in [0.5, 0.6) is 0 Å². The second-order valence-electron chi connectivity index (χ2n) is 7.36. The van der Waals surface area contributed by atoms with Crippen molar-refractivity contribution < 1.29 is 4.79 Å². The Hall–Kier alpha value is -1.69. The Kier molecular flexibility index (Phi) is 6.15. The number of hydrogen-bond acceptors (Lipinski definition) is 4. The number of carbonyl (C=O) groups is 1. The van der Waals surface area contributed by atoms with Crippen LogP contribution >= 0.6 is 0 Å². The molecule has 24 heavy (non-hydrogen) atoms. The summed E-state index contributed by atoms with van der Waals surface area (Å²) in [5.41, 5.74) is 0.889. The van der Waals surface area contributed by atoms with Gasteiger partial charge in [0.1, 0.15) is 0 Å². The topological polar surface area (TPSA) is 78.1 Å². The summed E-state index contributed by atoms with van der Waals surface area (Å²) in [6.45, 7) is 12.9. The van der Waals surface area contributed by atoms with Crippen LogP contribution in [0.1, 0.15) is 55.5 Å². The summed E-state index contributed by atoms with van der Waals surface area (Å²) in [6.07, 6.45) is 2.41. The highest BCUT2D eigenvalue weighted by Crippen LogP contribution is 2.21. The van der Waals surface area contributed by atoms with E-state index in [0.717, 1.165) is 19.0 Å². The number of rotatable bonds is 5. The minimum absolute atomic E-state index is 0.0483. The molecule has 134 valence electrons. The maximum atomic E-state index is 12.4. The fourth-order valence-corrected chi connectivity index (χ4v) is 3.20. The van der Waals surface area contributed by atoms with Gasteiger partial charge in [0.05, 0.1) is 5.69 Å². The van der Waals surface area contributed by atoms with Crippen LogP contribution in [0.25, 0.3) is 0 Å². The zero-order valence-electron chi connectivity index (χ0n) is 15.5. The third-order valence-electron chi connectivity index (χ3n) is 5.08. The Morgan fingerprint density at radius 2 is 1.96 bits per heavy atom. The lowest BCUT2D eigenvalue weighted by molar-refractivity contribution is 0.0857. The van der Waals surface area contributed by atoms with E-state index in [2.05, 4.69) is 41.0 Å². The van der Waals surface area contributed by atoms with Gasteiger partial charge in [-0.3, -0.25) is 14.5 Å². The number of amides is 1. The normalized spacial score (nSPS) is 17.9. The highest BCUT2D eigenvalue weighted by molar-refractivity contribution is 5.91. The molecule has 0 aromatic carbocycles. The first kappa shape index (κ1) is 18.6. The molecule has 1 amide bonds. The molecule has 1 atom stereocenters. The van der Waals surface area contributed by atoms with Crippen molar-refractivity contribution in [2.45, 2.75) is 53.5 Å². The van der Waals surface area contributed by atoms with Crippen LogP contribution < -0.4 is 10.9 Å². The molecule has 1 aromatic heterocycles. The predicted molar refractivity (Wildman–Crippen MR) is 95.3 cm³/mol. The van der Waals surface area contributed by atoms with Crippen molar-refractivity contribution in [1.82, 2.24) is 20.2 Å². The van der Waals surface area contributed by atoms with E-state index < -0.39 is 11.5 Å². The number of carbonyl (C=O) groups excluding carboxylic acids is 1. The molecule has 1 aromatic rings. The summed E-state index contributed by atoms with van der Waals surface area (Å²) in [4.78, 5) is 33.6. The molecule has 2 N–H and O–H groups in total. The molecule has 1 unspecified atom stereocenters. The molecule has 1 saturated heterocycles. The van der Waals surface area contributed by atoms with E-state index in [1.54, 1.807) is 13.8 Å². The molecule has 2 rings (SSSR count). The van der Waals surface area contributed by atoms with Crippen LogP contribution in [-0.4, -0.2) is 46.5 Å². The van der Waals surface area contributed by atoms with Gasteiger partial charge in [0.2, 0.25) is 0 Å². The monoisotopic (exact) mass is 334 g/mol. The van der Waals surface area contributed by atoms with Gasteiger partial charge in [-0.05, 0) is 51.6 Å². The largest absolute Gasteiger partial charge is 0.349 e. The van der Waals surface area contributed by atoms with Crippen LogP contribution in [0.3, 0.4) is 0 Å². The Bertz CT molecular complexity index is 630. The van der Waals surface area contributed by atoms with Gasteiger partial charge in [-0.1, -0.05) is 20.8 Å². The highest BCUT2D eigenvalue weighted by atomic mass is 16.2. The summed E-state index contributed by atoms with van der Waals surface area (Å²) in [6, 6.07) is 0.284. The van der Waals surface area contributed by atoms with Crippen LogP contribution in [0.2, 0.25) is 0 Å². The molecular formula is C18H30N4O2. The Balaban J connectivity index is 2.03. The number of H-pyrrole nitrogens is 1. The molecular weight excluding hydrogens is 304 g/mol. The molecule has 1 fully saturated rings. The second kappa shape index (κ2) is 7.92. The van der Waals surface area contributed by atoms with Crippen molar-refractivity contribution >= 4 is 5.91 Å². The van der Waals surface area contributed by atoms with Crippen molar-refractivity contribution in [2.75, 3.05) is 19.6 Å².